The maximum Gasteiger partial charge on any atom is 0.326 e. The van der Waals surface area contributed by atoms with Crippen molar-refractivity contribution < 1.29 is 18.8 Å². The zero-order valence-corrected chi connectivity index (χ0v) is 16.1. The summed E-state index contributed by atoms with van der Waals surface area (Å²) in [5.41, 5.74) is 1.24. The molecule has 27 heavy (non-hydrogen) atoms. The first-order chi connectivity index (χ1) is 12.8. The third kappa shape index (κ3) is 4.04. The minimum Gasteiger partial charge on any atom is -0.459 e. The third-order valence-electron chi connectivity index (χ3n) is 4.63. The summed E-state index contributed by atoms with van der Waals surface area (Å²) in [6.45, 7) is 7.43. The van der Waals surface area contributed by atoms with Crippen molar-refractivity contribution in [3.8, 4) is 11.4 Å². The van der Waals surface area contributed by atoms with Crippen LogP contribution >= 0.6 is 0 Å². The Morgan fingerprint density at radius 2 is 2.07 bits per heavy atom. The summed E-state index contributed by atoms with van der Waals surface area (Å²) in [5.74, 6) is 1.41. The predicted octanol–water partition coefficient (Wildman–Crippen LogP) is 3.33. The number of esters is 1. The van der Waals surface area contributed by atoms with Crippen molar-refractivity contribution in [1.82, 2.24) is 15.5 Å². The second-order valence-corrected chi connectivity index (χ2v) is 8.26. The molecular weight excluding hydrogens is 346 g/mol. The molecule has 0 radical (unpaired) electrons. The molecule has 3 atom stereocenters. The van der Waals surface area contributed by atoms with Gasteiger partial charge in [0.1, 0.15) is 17.9 Å². The van der Waals surface area contributed by atoms with Crippen LogP contribution in [0.3, 0.4) is 0 Å². The first-order valence-electron chi connectivity index (χ1n) is 9.38. The molecule has 1 aliphatic heterocycles. The van der Waals surface area contributed by atoms with E-state index in [1.165, 1.54) is 0 Å². The first-order valence-corrected chi connectivity index (χ1v) is 9.38. The Morgan fingerprint density at radius 3 is 2.78 bits per heavy atom. The van der Waals surface area contributed by atoms with Crippen LogP contribution in [-0.2, 0) is 14.3 Å². The standard InChI is InChI=1S/C20H25N3O4/c1-11-15(19(24)26-20(2,3)4)21-17(25-11)14-7-5-6-13(10-14)16-22-18(27-23-16)12-8-9-12/h5-7,10-12,15,17,21H,8-9H2,1-4H3. The van der Waals surface area contributed by atoms with Crippen LogP contribution in [0, 0.1) is 0 Å². The van der Waals surface area contributed by atoms with Gasteiger partial charge in [-0.15, -0.1) is 0 Å². The second-order valence-electron chi connectivity index (χ2n) is 8.26. The van der Waals surface area contributed by atoms with Gasteiger partial charge in [-0.05, 0) is 52.2 Å². The highest BCUT2D eigenvalue weighted by Crippen LogP contribution is 2.39. The van der Waals surface area contributed by atoms with Crippen molar-refractivity contribution in [2.75, 3.05) is 0 Å². The molecule has 0 bridgehead atoms. The smallest absolute Gasteiger partial charge is 0.326 e. The van der Waals surface area contributed by atoms with Crippen molar-refractivity contribution in [2.45, 2.75) is 70.4 Å². The maximum atomic E-state index is 12.4. The summed E-state index contributed by atoms with van der Waals surface area (Å²) in [6, 6.07) is 7.27. The van der Waals surface area contributed by atoms with Gasteiger partial charge in [0.15, 0.2) is 0 Å². The molecule has 2 aromatic rings. The molecule has 1 aliphatic carbocycles. The molecule has 1 saturated carbocycles. The number of benzene rings is 1. The molecule has 3 unspecified atom stereocenters. The highest BCUT2D eigenvalue weighted by molar-refractivity contribution is 5.77. The number of carbonyl (C=O) groups is 1. The highest BCUT2D eigenvalue weighted by atomic mass is 16.6. The quantitative estimate of drug-likeness (QED) is 0.825. The lowest BCUT2D eigenvalue weighted by atomic mass is 10.1. The van der Waals surface area contributed by atoms with Crippen molar-refractivity contribution in [3.05, 3.63) is 35.7 Å². The Morgan fingerprint density at radius 1 is 1.30 bits per heavy atom. The normalized spacial score (nSPS) is 25.6. The lowest BCUT2D eigenvalue weighted by molar-refractivity contribution is -0.158. The Labute approximate surface area is 158 Å². The molecule has 2 heterocycles. The van der Waals surface area contributed by atoms with Crippen LogP contribution in [-0.4, -0.2) is 33.9 Å². The van der Waals surface area contributed by atoms with Crippen LogP contribution in [0.1, 0.15) is 64.1 Å². The molecule has 2 fully saturated rings. The van der Waals surface area contributed by atoms with Gasteiger partial charge in [0.25, 0.3) is 0 Å². The molecular formula is C20H25N3O4. The fraction of sp³-hybridized carbons (Fsp3) is 0.550. The van der Waals surface area contributed by atoms with Gasteiger partial charge in [0.05, 0.1) is 6.10 Å². The Balaban J connectivity index is 1.49. The van der Waals surface area contributed by atoms with Gasteiger partial charge in [0.2, 0.25) is 11.7 Å². The number of nitrogens with one attached hydrogen (secondary N) is 1. The molecule has 0 amide bonds. The number of nitrogens with zero attached hydrogens (tertiary/aromatic N) is 2. The van der Waals surface area contributed by atoms with Crippen molar-refractivity contribution in [3.63, 3.8) is 0 Å². The van der Waals surface area contributed by atoms with E-state index in [-0.39, 0.29) is 12.1 Å². The largest absolute Gasteiger partial charge is 0.459 e. The number of hydrogen-bond acceptors (Lipinski definition) is 7. The van der Waals surface area contributed by atoms with Gasteiger partial charge in [-0.3, -0.25) is 10.1 Å². The van der Waals surface area contributed by atoms with E-state index in [2.05, 4.69) is 15.5 Å². The molecule has 7 nitrogen and oxygen atoms in total. The highest BCUT2D eigenvalue weighted by Gasteiger charge is 2.39. The van der Waals surface area contributed by atoms with E-state index in [1.54, 1.807) is 0 Å². The average molecular weight is 371 g/mol. The van der Waals surface area contributed by atoms with Crippen LogP contribution in [0.4, 0.5) is 0 Å². The van der Waals surface area contributed by atoms with Crippen LogP contribution in [0.25, 0.3) is 11.4 Å². The summed E-state index contributed by atoms with van der Waals surface area (Å²) < 4.78 is 16.8. The molecule has 1 N–H and O–H groups in total. The van der Waals surface area contributed by atoms with Gasteiger partial charge in [-0.1, -0.05) is 23.4 Å². The van der Waals surface area contributed by atoms with E-state index in [9.17, 15) is 4.79 Å². The first kappa shape index (κ1) is 18.1. The van der Waals surface area contributed by atoms with Gasteiger partial charge >= 0.3 is 5.97 Å². The SMILES string of the molecule is CC1OC(c2cccc(-c3noc(C4CC4)n3)c2)NC1C(=O)OC(C)(C)C. The molecule has 1 aromatic heterocycles. The fourth-order valence-electron chi connectivity index (χ4n) is 3.12. The average Bonchev–Trinajstić information content (AvgIpc) is 3.19. The van der Waals surface area contributed by atoms with Crippen molar-refractivity contribution in [2.24, 2.45) is 0 Å². The lowest BCUT2D eigenvalue weighted by Gasteiger charge is -2.23. The molecule has 0 spiro atoms. The van der Waals surface area contributed by atoms with E-state index >= 15 is 0 Å². The zero-order valence-electron chi connectivity index (χ0n) is 16.1. The number of hydrogen-bond donors (Lipinski definition) is 1. The summed E-state index contributed by atoms with van der Waals surface area (Å²) in [4.78, 5) is 16.9. The van der Waals surface area contributed by atoms with Gasteiger partial charge in [-0.25, -0.2) is 0 Å². The summed E-state index contributed by atoms with van der Waals surface area (Å²) in [6.07, 6.45) is 1.55. The van der Waals surface area contributed by atoms with Gasteiger partial charge in [0, 0.05) is 11.5 Å². The number of ether oxygens (including phenoxy) is 2. The molecule has 1 aromatic carbocycles. The molecule has 7 heteroatoms. The Kier molecular flexibility index (Phi) is 4.52. The molecule has 4 rings (SSSR count). The summed E-state index contributed by atoms with van der Waals surface area (Å²) in [7, 11) is 0. The van der Waals surface area contributed by atoms with Gasteiger partial charge < -0.3 is 14.0 Å². The second kappa shape index (κ2) is 6.73. The van der Waals surface area contributed by atoms with E-state index in [0.717, 1.165) is 24.0 Å². The van der Waals surface area contributed by atoms with E-state index in [4.69, 9.17) is 14.0 Å². The van der Waals surface area contributed by atoms with Crippen molar-refractivity contribution >= 4 is 5.97 Å². The zero-order chi connectivity index (χ0) is 19.2. The third-order valence-corrected chi connectivity index (χ3v) is 4.63. The fourth-order valence-corrected chi connectivity index (χ4v) is 3.12. The minimum atomic E-state index is -0.533. The summed E-state index contributed by atoms with van der Waals surface area (Å²) >= 11 is 0. The number of rotatable bonds is 4. The molecule has 1 saturated heterocycles. The summed E-state index contributed by atoms with van der Waals surface area (Å²) in [5, 5.41) is 7.32. The van der Waals surface area contributed by atoms with Crippen LogP contribution in [0.15, 0.2) is 28.8 Å². The number of carbonyl (C=O) groups excluding carboxylic acids is 1. The van der Waals surface area contributed by atoms with E-state index < -0.39 is 17.9 Å². The molecule has 144 valence electrons. The topological polar surface area (TPSA) is 86.5 Å². The Bertz CT molecular complexity index is 838. The van der Waals surface area contributed by atoms with E-state index in [1.807, 2.05) is 52.0 Å². The van der Waals surface area contributed by atoms with Gasteiger partial charge in [-0.2, -0.15) is 4.98 Å². The molecule has 2 aliphatic rings. The predicted molar refractivity (Wildman–Crippen MR) is 97.8 cm³/mol. The van der Waals surface area contributed by atoms with E-state index in [0.29, 0.717) is 17.6 Å². The maximum absolute atomic E-state index is 12.4. The van der Waals surface area contributed by atoms with Crippen LogP contribution in [0.5, 0.6) is 0 Å². The lowest BCUT2D eigenvalue weighted by Crippen LogP contribution is -2.42. The minimum absolute atomic E-state index is 0.292. The van der Waals surface area contributed by atoms with Crippen LogP contribution in [0.2, 0.25) is 0 Å². The van der Waals surface area contributed by atoms with Crippen molar-refractivity contribution in [1.29, 1.82) is 0 Å². The Hall–Kier alpha value is -2.25. The number of aromatic nitrogens is 2. The monoisotopic (exact) mass is 371 g/mol. The van der Waals surface area contributed by atoms with Crippen LogP contribution < -0.4 is 5.32 Å².